The third-order valence-corrected chi connectivity index (χ3v) is 17.7. The molecular weight excluding hydrogens is 907 g/mol. The molecule has 0 saturated heterocycles. The molecule has 320 valence electrons. The van der Waals surface area contributed by atoms with E-state index in [9.17, 15) is 0 Å². The number of para-hydroxylation sites is 4. The largest absolute Gasteiger partial charge is 0.455 e. The Labute approximate surface area is 409 Å². The van der Waals surface area contributed by atoms with Crippen LogP contribution in [0.25, 0.3) is 99.5 Å². The van der Waals surface area contributed by atoms with E-state index in [-0.39, 0.29) is 0 Å². The summed E-state index contributed by atoms with van der Waals surface area (Å²) in [5.74, 6) is 0. The first-order valence-corrected chi connectivity index (χ1v) is 26.3. The number of hydrogen-bond acceptors (Lipinski definition) is 7. The lowest BCUT2D eigenvalue weighted by Gasteiger charge is -2.43. The molecule has 12 aromatic rings. The minimum atomic E-state index is 0.915. The Bertz CT molecular complexity index is 3870. The van der Waals surface area contributed by atoms with E-state index in [0.717, 1.165) is 66.1 Å². The van der Waals surface area contributed by atoms with E-state index in [1.54, 1.807) is 11.8 Å². The Hall–Kier alpha value is -7.00. The molecule has 10 aromatic carbocycles. The summed E-state index contributed by atoms with van der Waals surface area (Å²) in [4.78, 5) is 11.5. The predicted octanol–water partition coefficient (Wildman–Crippen LogP) is 19.4. The van der Waals surface area contributed by atoms with Crippen molar-refractivity contribution in [3.8, 4) is 55.6 Å². The van der Waals surface area contributed by atoms with E-state index in [1.807, 2.05) is 47.4 Å². The van der Waals surface area contributed by atoms with Crippen LogP contribution in [-0.4, -0.2) is 6.26 Å². The highest BCUT2D eigenvalue weighted by Crippen LogP contribution is 2.68. The number of anilines is 3. The first kappa shape index (κ1) is 39.0. The van der Waals surface area contributed by atoms with Crippen LogP contribution in [0.1, 0.15) is 0 Å². The molecule has 0 N–H and O–H groups in total. The summed E-state index contributed by atoms with van der Waals surface area (Å²) in [5, 5.41) is 4.58. The van der Waals surface area contributed by atoms with E-state index in [1.165, 1.54) is 84.7 Å². The lowest BCUT2D eigenvalue weighted by molar-refractivity contribution is 0.669. The molecule has 15 rings (SSSR count). The molecular formula is C61H35NO2S4. The van der Waals surface area contributed by atoms with E-state index >= 15 is 0 Å². The van der Waals surface area contributed by atoms with Gasteiger partial charge in [0.2, 0.25) is 0 Å². The van der Waals surface area contributed by atoms with E-state index in [2.05, 4.69) is 193 Å². The zero-order valence-electron chi connectivity index (χ0n) is 36.4. The van der Waals surface area contributed by atoms with Crippen LogP contribution in [-0.2, 0) is 0 Å². The van der Waals surface area contributed by atoms with Crippen molar-refractivity contribution >= 4 is 108 Å². The number of nitrogens with zero attached hydrogens (tertiary/aromatic N) is 1. The van der Waals surface area contributed by atoms with Crippen LogP contribution in [0.3, 0.4) is 0 Å². The summed E-state index contributed by atoms with van der Waals surface area (Å²) in [6.45, 7) is 0. The standard InChI is InChI=1S/C61H35NO2S4/c1-65-50-19-7-4-10-41(50)40-32-55-59-56(33-40)68-54-31-39(35-22-26-37(27-23-35)43-14-9-16-47-45-12-3-6-18-49(45)64-61(43)47)29-52-58(54)62(59)57-51(66-52)28-38(30-53(57)67-55)34-20-24-36(25-21-34)42-13-8-15-46-44-11-2-5-17-48(44)63-60(42)46/h2-33H,1H3. The van der Waals surface area contributed by atoms with Gasteiger partial charge >= 0.3 is 0 Å². The maximum Gasteiger partial charge on any atom is 0.143 e. The van der Waals surface area contributed by atoms with Gasteiger partial charge in [-0.1, -0.05) is 175 Å². The van der Waals surface area contributed by atoms with Gasteiger partial charge in [-0.15, -0.1) is 11.8 Å². The average Bonchev–Trinajstić information content (AvgIpc) is 3.97. The highest BCUT2D eigenvalue weighted by molar-refractivity contribution is 8.02. The van der Waals surface area contributed by atoms with Crippen LogP contribution < -0.4 is 4.90 Å². The zero-order valence-corrected chi connectivity index (χ0v) is 39.6. The second-order valence-corrected chi connectivity index (χ2v) is 21.6. The first-order valence-electron chi connectivity index (χ1n) is 22.7. The molecule has 0 spiro atoms. The van der Waals surface area contributed by atoms with Gasteiger partial charge in [0.05, 0.1) is 17.1 Å². The van der Waals surface area contributed by atoms with Crippen LogP contribution >= 0.6 is 47.0 Å². The predicted molar refractivity (Wildman–Crippen MR) is 287 cm³/mol. The van der Waals surface area contributed by atoms with E-state index in [0.29, 0.717) is 0 Å². The van der Waals surface area contributed by atoms with Gasteiger partial charge in [-0.25, -0.2) is 0 Å². The molecule has 0 radical (unpaired) electrons. The van der Waals surface area contributed by atoms with Crippen molar-refractivity contribution in [3.63, 3.8) is 0 Å². The smallest absolute Gasteiger partial charge is 0.143 e. The van der Waals surface area contributed by atoms with Gasteiger partial charge in [0, 0.05) is 66.9 Å². The number of furan rings is 2. The Morgan fingerprint density at radius 3 is 1.16 bits per heavy atom. The highest BCUT2D eigenvalue weighted by Gasteiger charge is 2.40. The van der Waals surface area contributed by atoms with Gasteiger partial charge in [0.25, 0.3) is 0 Å². The van der Waals surface area contributed by atoms with Crippen LogP contribution in [0.15, 0.2) is 237 Å². The summed E-state index contributed by atoms with van der Waals surface area (Å²) in [6, 6.07) is 70.9. The fourth-order valence-corrected chi connectivity index (χ4v) is 15.0. The molecule has 5 heterocycles. The van der Waals surface area contributed by atoms with Gasteiger partial charge < -0.3 is 13.7 Å². The van der Waals surface area contributed by atoms with Crippen molar-refractivity contribution in [3.05, 3.63) is 194 Å². The molecule has 0 fully saturated rings. The summed E-state index contributed by atoms with van der Waals surface area (Å²) < 4.78 is 12.9. The summed E-state index contributed by atoms with van der Waals surface area (Å²) in [5.41, 5.74) is 19.4. The number of rotatable bonds is 6. The molecule has 68 heavy (non-hydrogen) atoms. The monoisotopic (exact) mass is 941 g/mol. The van der Waals surface area contributed by atoms with Gasteiger partial charge in [-0.3, -0.25) is 0 Å². The summed E-state index contributed by atoms with van der Waals surface area (Å²) in [7, 11) is 0. The minimum Gasteiger partial charge on any atom is -0.455 e. The fraction of sp³-hybridized carbons (Fsp3) is 0.0164. The molecule has 0 atom stereocenters. The van der Waals surface area contributed by atoms with E-state index < -0.39 is 0 Å². The molecule has 0 unspecified atom stereocenters. The first-order chi connectivity index (χ1) is 33.6. The van der Waals surface area contributed by atoms with Crippen LogP contribution in [0, 0.1) is 0 Å². The highest BCUT2D eigenvalue weighted by atomic mass is 32.2. The number of benzene rings is 10. The second-order valence-electron chi connectivity index (χ2n) is 17.5. The molecule has 3 aliphatic heterocycles. The van der Waals surface area contributed by atoms with Gasteiger partial charge in [0.15, 0.2) is 0 Å². The fourth-order valence-electron chi connectivity index (χ4n) is 10.6. The number of fused-ring (bicyclic) bond motifs is 6. The van der Waals surface area contributed by atoms with E-state index in [4.69, 9.17) is 8.83 Å². The maximum atomic E-state index is 6.45. The average molecular weight is 942 g/mol. The maximum absolute atomic E-state index is 6.45. The molecule has 7 heteroatoms. The van der Waals surface area contributed by atoms with Crippen molar-refractivity contribution in [1.29, 1.82) is 0 Å². The molecule has 0 saturated carbocycles. The van der Waals surface area contributed by atoms with Crippen LogP contribution in [0.4, 0.5) is 17.1 Å². The molecule has 3 nitrogen and oxygen atoms in total. The third kappa shape index (κ3) is 5.86. The van der Waals surface area contributed by atoms with Crippen LogP contribution in [0.5, 0.6) is 0 Å². The summed E-state index contributed by atoms with van der Waals surface area (Å²) in [6.07, 6.45) is 2.17. The third-order valence-electron chi connectivity index (χ3n) is 13.7. The lowest BCUT2D eigenvalue weighted by Crippen LogP contribution is -2.23. The second kappa shape index (κ2) is 15.0. The van der Waals surface area contributed by atoms with Gasteiger partial charge in [0.1, 0.15) is 22.3 Å². The Morgan fingerprint density at radius 1 is 0.338 bits per heavy atom. The Balaban J connectivity index is 0.857. The van der Waals surface area contributed by atoms with Gasteiger partial charge in [-0.2, -0.15) is 0 Å². The number of thioether (sulfide) groups is 1. The van der Waals surface area contributed by atoms with Crippen molar-refractivity contribution in [1.82, 2.24) is 0 Å². The van der Waals surface area contributed by atoms with Crippen molar-refractivity contribution in [2.45, 2.75) is 34.3 Å². The van der Waals surface area contributed by atoms with Crippen LogP contribution in [0.2, 0.25) is 0 Å². The zero-order chi connectivity index (χ0) is 44.6. The SMILES string of the molecule is CSc1ccccc1-c1cc2c3c(c1)Sc1cc(-c4ccc(-c5cccc6c5oc5ccccc56)cc4)cc4c1N3c1c(cc(-c3ccc(-c5cccc6c5oc5ccccc56)cc3)cc1S2)S4. The molecule has 3 aliphatic rings. The van der Waals surface area contributed by atoms with Gasteiger partial charge in [-0.05, 0) is 105 Å². The van der Waals surface area contributed by atoms with Crippen molar-refractivity contribution in [2.24, 2.45) is 0 Å². The normalized spacial score (nSPS) is 13.2. The van der Waals surface area contributed by atoms with Crippen molar-refractivity contribution < 1.29 is 8.83 Å². The molecule has 0 aliphatic carbocycles. The Kier molecular flexibility index (Phi) is 8.61. The Morgan fingerprint density at radius 2 is 0.706 bits per heavy atom. The molecule has 0 bridgehead atoms. The topological polar surface area (TPSA) is 29.5 Å². The number of hydrogen-bond donors (Lipinski definition) is 0. The van der Waals surface area contributed by atoms with Crippen molar-refractivity contribution in [2.75, 3.05) is 11.2 Å². The molecule has 0 amide bonds. The minimum absolute atomic E-state index is 0.915. The summed E-state index contributed by atoms with van der Waals surface area (Å²) >= 11 is 7.52. The molecule has 2 aromatic heterocycles. The lowest BCUT2D eigenvalue weighted by atomic mass is 9.97. The quantitative estimate of drug-likeness (QED) is 0.153.